The van der Waals surface area contributed by atoms with Gasteiger partial charge in [-0.2, -0.15) is 0 Å². The molecular formula is C13H19NO4. The van der Waals surface area contributed by atoms with Crippen LogP contribution in [0.2, 0.25) is 0 Å². The van der Waals surface area contributed by atoms with Crippen molar-refractivity contribution in [3.05, 3.63) is 17.5 Å². The molecule has 0 radical (unpaired) electrons. The second-order valence-electron chi connectivity index (χ2n) is 5.64. The molecule has 0 saturated heterocycles. The fraction of sp³-hybridized carbons (Fsp3) is 0.692. The summed E-state index contributed by atoms with van der Waals surface area (Å²) >= 11 is 0. The van der Waals surface area contributed by atoms with E-state index in [-0.39, 0.29) is 18.3 Å². The van der Waals surface area contributed by atoms with Crippen molar-refractivity contribution in [2.45, 2.75) is 52.2 Å². The van der Waals surface area contributed by atoms with Gasteiger partial charge in [0.05, 0.1) is 12.3 Å². The molecule has 1 aliphatic carbocycles. The van der Waals surface area contributed by atoms with Gasteiger partial charge in [0.25, 0.3) is 0 Å². The Morgan fingerprint density at radius 1 is 1.56 bits per heavy atom. The maximum atomic E-state index is 10.9. The molecule has 100 valence electrons. The van der Waals surface area contributed by atoms with Gasteiger partial charge in [0, 0.05) is 0 Å². The van der Waals surface area contributed by atoms with Gasteiger partial charge in [-0.1, -0.05) is 19.0 Å². The topological polar surface area (TPSA) is 72.6 Å². The number of carboxylic acid groups (broad SMARTS) is 1. The Kier molecular flexibility index (Phi) is 3.71. The summed E-state index contributed by atoms with van der Waals surface area (Å²) in [5.41, 5.74) is 0.490. The fourth-order valence-electron chi connectivity index (χ4n) is 2.28. The van der Waals surface area contributed by atoms with Crippen LogP contribution >= 0.6 is 0 Å². The predicted octanol–water partition coefficient (Wildman–Crippen LogP) is 2.86. The molecule has 1 aromatic rings. The third kappa shape index (κ3) is 3.10. The third-order valence-electron chi connectivity index (χ3n) is 3.61. The molecule has 1 aromatic heterocycles. The highest BCUT2D eigenvalue weighted by Crippen LogP contribution is 2.36. The quantitative estimate of drug-likeness (QED) is 0.893. The SMILES string of the molecule is CC1(C)CCC(OCc2oncc2C(=O)O)CC1. The third-order valence-corrected chi connectivity index (χ3v) is 3.61. The second kappa shape index (κ2) is 5.10. The molecule has 1 heterocycles. The minimum atomic E-state index is -1.03. The summed E-state index contributed by atoms with van der Waals surface area (Å²) in [6.07, 6.45) is 5.72. The first-order valence-corrected chi connectivity index (χ1v) is 6.26. The van der Waals surface area contributed by atoms with Crippen molar-refractivity contribution in [3.63, 3.8) is 0 Å². The maximum absolute atomic E-state index is 10.9. The van der Waals surface area contributed by atoms with E-state index in [1.54, 1.807) is 0 Å². The van der Waals surface area contributed by atoms with Crippen molar-refractivity contribution in [2.75, 3.05) is 0 Å². The summed E-state index contributed by atoms with van der Waals surface area (Å²) in [5.74, 6) is -0.730. The molecule has 0 aromatic carbocycles. The molecule has 5 heteroatoms. The maximum Gasteiger partial charge on any atom is 0.341 e. The van der Waals surface area contributed by atoms with Crippen molar-refractivity contribution in [1.29, 1.82) is 0 Å². The van der Waals surface area contributed by atoms with Gasteiger partial charge in [0.15, 0.2) is 5.76 Å². The molecular weight excluding hydrogens is 234 g/mol. The number of aromatic nitrogens is 1. The number of ether oxygens (including phenoxy) is 1. The molecule has 5 nitrogen and oxygen atoms in total. The van der Waals surface area contributed by atoms with Gasteiger partial charge in [0.2, 0.25) is 0 Å². The van der Waals surface area contributed by atoms with E-state index in [1.165, 1.54) is 6.20 Å². The largest absolute Gasteiger partial charge is 0.478 e. The Labute approximate surface area is 106 Å². The van der Waals surface area contributed by atoms with Crippen molar-refractivity contribution < 1.29 is 19.2 Å². The van der Waals surface area contributed by atoms with Crippen molar-refractivity contribution in [1.82, 2.24) is 5.16 Å². The van der Waals surface area contributed by atoms with Crippen LogP contribution in [-0.2, 0) is 11.3 Å². The fourth-order valence-corrected chi connectivity index (χ4v) is 2.28. The van der Waals surface area contributed by atoms with E-state index in [0.29, 0.717) is 11.2 Å². The number of hydrogen-bond acceptors (Lipinski definition) is 4. The van der Waals surface area contributed by atoms with E-state index in [1.807, 2.05) is 0 Å². The molecule has 0 unspecified atom stereocenters. The van der Waals surface area contributed by atoms with Crippen LogP contribution in [0.3, 0.4) is 0 Å². The number of nitrogens with zero attached hydrogens (tertiary/aromatic N) is 1. The van der Waals surface area contributed by atoms with E-state index >= 15 is 0 Å². The summed E-state index contributed by atoms with van der Waals surface area (Å²) in [7, 11) is 0. The Morgan fingerprint density at radius 3 is 2.83 bits per heavy atom. The normalized spacial score (nSPS) is 19.9. The van der Waals surface area contributed by atoms with Crippen LogP contribution in [0.15, 0.2) is 10.7 Å². The van der Waals surface area contributed by atoms with Crippen LogP contribution in [0.25, 0.3) is 0 Å². The smallest absolute Gasteiger partial charge is 0.341 e. The summed E-state index contributed by atoms with van der Waals surface area (Å²) in [6, 6.07) is 0. The average molecular weight is 253 g/mol. The molecule has 0 spiro atoms. The van der Waals surface area contributed by atoms with E-state index < -0.39 is 5.97 Å². The highest BCUT2D eigenvalue weighted by atomic mass is 16.5. The zero-order chi connectivity index (χ0) is 13.2. The lowest BCUT2D eigenvalue weighted by molar-refractivity contribution is -0.0141. The number of hydrogen-bond donors (Lipinski definition) is 1. The lowest BCUT2D eigenvalue weighted by Gasteiger charge is -2.33. The van der Waals surface area contributed by atoms with E-state index in [9.17, 15) is 4.79 Å². The standard InChI is InChI=1S/C13H19NO4/c1-13(2)5-3-9(4-6-13)17-8-11-10(12(15)16)7-14-18-11/h7,9H,3-6,8H2,1-2H3,(H,15,16). The molecule has 2 rings (SSSR count). The minimum Gasteiger partial charge on any atom is -0.478 e. The van der Waals surface area contributed by atoms with Gasteiger partial charge in [-0.3, -0.25) is 0 Å². The van der Waals surface area contributed by atoms with Crippen LogP contribution in [0.5, 0.6) is 0 Å². The highest BCUT2D eigenvalue weighted by Gasteiger charge is 2.27. The molecule has 1 aliphatic rings. The lowest BCUT2D eigenvalue weighted by Crippen LogP contribution is -2.26. The van der Waals surface area contributed by atoms with Crippen molar-refractivity contribution >= 4 is 5.97 Å². The van der Waals surface area contributed by atoms with Crippen molar-refractivity contribution in [3.8, 4) is 0 Å². The van der Waals surface area contributed by atoms with Crippen molar-refractivity contribution in [2.24, 2.45) is 5.41 Å². The van der Waals surface area contributed by atoms with E-state index in [0.717, 1.165) is 25.7 Å². The Balaban J connectivity index is 1.85. The zero-order valence-electron chi connectivity index (χ0n) is 10.8. The van der Waals surface area contributed by atoms with Crippen LogP contribution < -0.4 is 0 Å². The second-order valence-corrected chi connectivity index (χ2v) is 5.64. The average Bonchev–Trinajstić information content (AvgIpc) is 2.76. The molecule has 1 N–H and O–H groups in total. The van der Waals surface area contributed by atoms with E-state index in [2.05, 4.69) is 19.0 Å². The zero-order valence-corrected chi connectivity index (χ0v) is 10.8. The molecule has 0 aliphatic heterocycles. The summed E-state index contributed by atoms with van der Waals surface area (Å²) in [4.78, 5) is 10.9. The molecule has 0 atom stereocenters. The van der Waals surface area contributed by atoms with Crippen LogP contribution in [0.1, 0.15) is 55.6 Å². The Hall–Kier alpha value is -1.36. The Bertz CT molecular complexity index is 414. The first-order chi connectivity index (χ1) is 8.48. The summed E-state index contributed by atoms with van der Waals surface area (Å²) < 4.78 is 10.6. The summed E-state index contributed by atoms with van der Waals surface area (Å²) in [6.45, 7) is 4.72. The van der Waals surface area contributed by atoms with Crippen LogP contribution in [-0.4, -0.2) is 22.3 Å². The number of rotatable bonds is 4. The molecule has 0 bridgehead atoms. The monoisotopic (exact) mass is 253 g/mol. The first-order valence-electron chi connectivity index (χ1n) is 6.26. The number of carbonyl (C=O) groups is 1. The molecule has 0 amide bonds. The lowest BCUT2D eigenvalue weighted by atomic mass is 9.76. The number of carboxylic acids is 1. The number of aromatic carboxylic acids is 1. The minimum absolute atomic E-state index is 0.0890. The summed E-state index contributed by atoms with van der Waals surface area (Å²) in [5, 5.41) is 12.4. The van der Waals surface area contributed by atoms with Crippen LogP contribution in [0, 0.1) is 5.41 Å². The van der Waals surface area contributed by atoms with Gasteiger partial charge in [-0.25, -0.2) is 4.79 Å². The van der Waals surface area contributed by atoms with Gasteiger partial charge in [0.1, 0.15) is 12.2 Å². The Morgan fingerprint density at radius 2 is 2.22 bits per heavy atom. The predicted molar refractivity (Wildman–Crippen MR) is 64.3 cm³/mol. The van der Waals surface area contributed by atoms with Gasteiger partial charge < -0.3 is 14.4 Å². The van der Waals surface area contributed by atoms with E-state index in [4.69, 9.17) is 14.4 Å². The molecule has 1 saturated carbocycles. The van der Waals surface area contributed by atoms with Gasteiger partial charge >= 0.3 is 5.97 Å². The van der Waals surface area contributed by atoms with Gasteiger partial charge in [-0.05, 0) is 31.1 Å². The molecule has 1 fully saturated rings. The molecule has 18 heavy (non-hydrogen) atoms. The highest BCUT2D eigenvalue weighted by molar-refractivity contribution is 5.88. The van der Waals surface area contributed by atoms with Gasteiger partial charge in [-0.15, -0.1) is 0 Å². The first kappa shape index (κ1) is 13.1. The van der Waals surface area contributed by atoms with Crippen LogP contribution in [0.4, 0.5) is 0 Å².